The van der Waals surface area contributed by atoms with Crippen molar-refractivity contribution < 1.29 is 9.90 Å². The average molecular weight is 256 g/mol. The Balaban J connectivity index is 1.91. The predicted octanol–water partition coefficient (Wildman–Crippen LogP) is 1.20. The minimum atomic E-state index is -0.835. The topological polar surface area (TPSA) is 79.2 Å². The molecule has 0 amide bonds. The Morgan fingerprint density at radius 3 is 2.74 bits per heavy atom. The van der Waals surface area contributed by atoms with E-state index < -0.39 is 12.0 Å². The van der Waals surface area contributed by atoms with Gasteiger partial charge in [0.25, 0.3) is 0 Å². The smallest absolute Gasteiger partial charge is 0.326 e. The van der Waals surface area contributed by atoms with Gasteiger partial charge in [0.15, 0.2) is 0 Å². The fourth-order valence-electron chi connectivity index (χ4n) is 2.03. The number of anilines is 1. The van der Waals surface area contributed by atoms with Gasteiger partial charge in [0.2, 0.25) is 5.95 Å². The van der Waals surface area contributed by atoms with E-state index in [1.54, 1.807) is 23.4 Å². The quantitative estimate of drug-likeness (QED) is 0.889. The van der Waals surface area contributed by atoms with Gasteiger partial charge in [-0.25, -0.2) is 14.8 Å². The standard InChI is InChI=1S/C13H12N4O2/c18-12(19)11-5-8-17(11)13-15-7-4-10(16-13)9-3-1-2-6-14-9/h1-4,6-7,11H,5,8H2,(H,18,19)/t11-/m0/s1. The zero-order valence-corrected chi connectivity index (χ0v) is 10.1. The lowest BCUT2D eigenvalue weighted by Gasteiger charge is -2.37. The molecule has 2 aromatic rings. The zero-order chi connectivity index (χ0) is 13.2. The molecule has 1 aliphatic rings. The SMILES string of the molecule is O=C(O)[C@@H]1CCN1c1nccc(-c2ccccn2)n1. The minimum Gasteiger partial charge on any atom is -0.480 e. The molecule has 0 bridgehead atoms. The molecule has 3 heterocycles. The van der Waals surface area contributed by atoms with Gasteiger partial charge in [-0.2, -0.15) is 0 Å². The van der Waals surface area contributed by atoms with Crippen LogP contribution < -0.4 is 4.90 Å². The summed E-state index contributed by atoms with van der Waals surface area (Å²) in [6, 6.07) is 6.83. The van der Waals surface area contributed by atoms with E-state index in [0.29, 0.717) is 24.6 Å². The molecule has 0 aromatic carbocycles. The molecule has 19 heavy (non-hydrogen) atoms. The third kappa shape index (κ3) is 2.12. The molecule has 2 aromatic heterocycles. The van der Waals surface area contributed by atoms with Crippen LogP contribution >= 0.6 is 0 Å². The lowest BCUT2D eigenvalue weighted by atomic mass is 10.0. The van der Waals surface area contributed by atoms with Crippen molar-refractivity contribution in [3.05, 3.63) is 36.7 Å². The zero-order valence-electron chi connectivity index (χ0n) is 10.1. The maximum atomic E-state index is 11.0. The molecule has 1 aliphatic heterocycles. The van der Waals surface area contributed by atoms with E-state index >= 15 is 0 Å². The molecule has 6 nitrogen and oxygen atoms in total. The van der Waals surface area contributed by atoms with Crippen LogP contribution in [0.15, 0.2) is 36.7 Å². The van der Waals surface area contributed by atoms with Crippen molar-refractivity contribution in [2.75, 3.05) is 11.4 Å². The largest absolute Gasteiger partial charge is 0.480 e. The van der Waals surface area contributed by atoms with Gasteiger partial charge in [-0.3, -0.25) is 4.98 Å². The average Bonchev–Trinajstić information content (AvgIpc) is 2.38. The molecule has 3 rings (SSSR count). The van der Waals surface area contributed by atoms with Gasteiger partial charge < -0.3 is 10.0 Å². The monoisotopic (exact) mass is 256 g/mol. The number of carboxylic acid groups (broad SMARTS) is 1. The molecule has 0 radical (unpaired) electrons. The first-order valence-corrected chi connectivity index (χ1v) is 5.99. The Hall–Kier alpha value is -2.50. The van der Waals surface area contributed by atoms with E-state index in [9.17, 15) is 4.79 Å². The number of hydrogen-bond donors (Lipinski definition) is 1. The highest BCUT2D eigenvalue weighted by Crippen LogP contribution is 2.24. The van der Waals surface area contributed by atoms with E-state index in [1.807, 2.05) is 18.2 Å². The number of nitrogens with zero attached hydrogens (tertiary/aromatic N) is 4. The first kappa shape index (κ1) is 11.6. The predicted molar refractivity (Wildman–Crippen MR) is 68.6 cm³/mol. The summed E-state index contributed by atoms with van der Waals surface area (Å²) in [6.07, 6.45) is 3.96. The van der Waals surface area contributed by atoms with E-state index in [2.05, 4.69) is 15.0 Å². The summed E-state index contributed by atoms with van der Waals surface area (Å²) in [5, 5.41) is 9.04. The first-order valence-electron chi connectivity index (χ1n) is 5.99. The minimum absolute atomic E-state index is 0.446. The lowest BCUT2D eigenvalue weighted by molar-refractivity contribution is -0.140. The Bertz CT molecular complexity index is 603. The summed E-state index contributed by atoms with van der Waals surface area (Å²) in [7, 11) is 0. The molecule has 1 fully saturated rings. The molecular weight excluding hydrogens is 244 g/mol. The van der Waals surface area contributed by atoms with Crippen molar-refractivity contribution in [1.82, 2.24) is 15.0 Å². The van der Waals surface area contributed by atoms with E-state index in [0.717, 1.165) is 5.69 Å². The molecule has 1 atom stereocenters. The van der Waals surface area contributed by atoms with Crippen molar-refractivity contribution in [2.24, 2.45) is 0 Å². The van der Waals surface area contributed by atoms with Crippen LogP contribution in [0.25, 0.3) is 11.4 Å². The van der Waals surface area contributed by atoms with Gasteiger partial charge in [-0.15, -0.1) is 0 Å². The Morgan fingerprint density at radius 2 is 2.11 bits per heavy atom. The summed E-state index contributed by atoms with van der Waals surface area (Å²) in [5.41, 5.74) is 1.44. The third-order valence-electron chi connectivity index (χ3n) is 3.13. The summed E-state index contributed by atoms with van der Waals surface area (Å²) in [5.74, 6) is -0.389. The summed E-state index contributed by atoms with van der Waals surface area (Å²) < 4.78 is 0. The Kier molecular flexibility index (Phi) is 2.83. The van der Waals surface area contributed by atoms with Crippen LogP contribution in [0, 0.1) is 0 Å². The lowest BCUT2D eigenvalue weighted by Crippen LogP contribution is -2.53. The highest BCUT2D eigenvalue weighted by Gasteiger charge is 2.35. The van der Waals surface area contributed by atoms with Gasteiger partial charge in [0.1, 0.15) is 6.04 Å². The summed E-state index contributed by atoms with van der Waals surface area (Å²) in [6.45, 7) is 0.669. The summed E-state index contributed by atoms with van der Waals surface area (Å²) in [4.78, 5) is 25.5. The van der Waals surface area contributed by atoms with Gasteiger partial charge in [0.05, 0.1) is 11.4 Å². The van der Waals surface area contributed by atoms with Gasteiger partial charge >= 0.3 is 5.97 Å². The van der Waals surface area contributed by atoms with Crippen LogP contribution in [-0.2, 0) is 4.79 Å². The van der Waals surface area contributed by atoms with Crippen LogP contribution in [0.1, 0.15) is 6.42 Å². The van der Waals surface area contributed by atoms with Gasteiger partial charge in [-0.1, -0.05) is 6.07 Å². The normalized spacial score (nSPS) is 17.9. The van der Waals surface area contributed by atoms with Gasteiger partial charge in [0, 0.05) is 18.9 Å². The fraction of sp³-hybridized carbons (Fsp3) is 0.231. The van der Waals surface area contributed by atoms with E-state index in [-0.39, 0.29) is 0 Å². The third-order valence-corrected chi connectivity index (χ3v) is 3.13. The molecule has 0 unspecified atom stereocenters. The number of carboxylic acids is 1. The highest BCUT2D eigenvalue weighted by atomic mass is 16.4. The maximum absolute atomic E-state index is 11.0. The molecule has 96 valence electrons. The number of rotatable bonds is 3. The van der Waals surface area contributed by atoms with Crippen molar-refractivity contribution in [1.29, 1.82) is 0 Å². The van der Waals surface area contributed by atoms with Crippen molar-refractivity contribution >= 4 is 11.9 Å². The van der Waals surface area contributed by atoms with Gasteiger partial charge in [-0.05, 0) is 24.6 Å². The first-order chi connectivity index (χ1) is 9.25. The maximum Gasteiger partial charge on any atom is 0.326 e. The molecule has 0 spiro atoms. The highest BCUT2D eigenvalue weighted by molar-refractivity contribution is 5.79. The second-order valence-electron chi connectivity index (χ2n) is 4.29. The molecule has 6 heteroatoms. The molecule has 1 N–H and O–H groups in total. The second-order valence-corrected chi connectivity index (χ2v) is 4.29. The van der Waals surface area contributed by atoms with Crippen LogP contribution in [0.5, 0.6) is 0 Å². The Labute approximate surface area is 109 Å². The van der Waals surface area contributed by atoms with Crippen molar-refractivity contribution in [3.8, 4) is 11.4 Å². The number of hydrogen-bond acceptors (Lipinski definition) is 5. The van der Waals surface area contributed by atoms with Crippen molar-refractivity contribution in [2.45, 2.75) is 12.5 Å². The number of pyridine rings is 1. The molecule has 0 aliphatic carbocycles. The van der Waals surface area contributed by atoms with Crippen LogP contribution in [0.4, 0.5) is 5.95 Å². The molecule has 1 saturated heterocycles. The van der Waals surface area contributed by atoms with E-state index in [4.69, 9.17) is 5.11 Å². The fourth-order valence-corrected chi connectivity index (χ4v) is 2.03. The van der Waals surface area contributed by atoms with Crippen LogP contribution in [0.2, 0.25) is 0 Å². The van der Waals surface area contributed by atoms with Crippen molar-refractivity contribution in [3.63, 3.8) is 0 Å². The van der Waals surface area contributed by atoms with E-state index in [1.165, 1.54) is 0 Å². The number of aliphatic carboxylic acids is 1. The Morgan fingerprint density at radius 1 is 1.21 bits per heavy atom. The molecular formula is C13H12N4O2. The second kappa shape index (κ2) is 4.64. The summed E-state index contributed by atoms with van der Waals surface area (Å²) >= 11 is 0. The molecule has 0 saturated carbocycles. The number of carbonyl (C=O) groups is 1. The number of aromatic nitrogens is 3. The van der Waals surface area contributed by atoms with Crippen LogP contribution in [-0.4, -0.2) is 38.6 Å². The van der Waals surface area contributed by atoms with Crippen LogP contribution in [0.3, 0.4) is 0 Å².